The van der Waals surface area contributed by atoms with Crippen LogP contribution in [0.4, 0.5) is 0 Å². The number of methoxy groups -OCH3 is 1. The van der Waals surface area contributed by atoms with Gasteiger partial charge in [-0.05, 0) is 25.5 Å². The molecule has 2 heterocycles. The summed E-state index contributed by atoms with van der Waals surface area (Å²) in [7, 11) is 3.45. The number of hydrogen-bond donors (Lipinski definition) is 1. The Morgan fingerprint density at radius 3 is 2.72 bits per heavy atom. The molecular formula is C12H17N5O. The molecule has 0 aliphatic rings. The molecule has 0 aliphatic carbocycles. The molecule has 1 unspecified atom stereocenters. The van der Waals surface area contributed by atoms with E-state index in [0.29, 0.717) is 5.75 Å². The SMILES string of the molecule is COc1cnn(C)c1C(N)c1cc(C)nnc1C. The normalized spacial score (nSPS) is 12.5. The number of aryl methyl sites for hydroxylation is 3. The lowest BCUT2D eigenvalue weighted by Crippen LogP contribution is -2.19. The first kappa shape index (κ1) is 12.5. The van der Waals surface area contributed by atoms with E-state index in [2.05, 4.69) is 15.3 Å². The van der Waals surface area contributed by atoms with E-state index in [9.17, 15) is 0 Å². The first-order valence-electron chi connectivity index (χ1n) is 5.67. The van der Waals surface area contributed by atoms with Crippen LogP contribution in [0.25, 0.3) is 0 Å². The second-order valence-electron chi connectivity index (χ2n) is 4.23. The highest BCUT2D eigenvalue weighted by molar-refractivity contribution is 5.37. The van der Waals surface area contributed by atoms with Crippen LogP contribution in [-0.4, -0.2) is 27.1 Å². The van der Waals surface area contributed by atoms with Gasteiger partial charge in [-0.3, -0.25) is 4.68 Å². The van der Waals surface area contributed by atoms with E-state index in [1.165, 1.54) is 0 Å². The Morgan fingerprint density at radius 2 is 2.06 bits per heavy atom. The molecule has 0 saturated carbocycles. The number of nitrogens with zero attached hydrogens (tertiary/aromatic N) is 4. The third kappa shape index (κ3) is 2.06. The van der Waals surface area contributed by atoms with Crippen LogP contribution in [0.15, 0.2) is 12.3 Å². The summed E-state index contributed by atoms with van der Waals surface area (Å²) in [4.78, 5) is 0. The summed E-state index contributed by atoms with van der Waals surface area (Å²) in [6.07, 6.45) is 1.66. The summed E-state index contributed by atoms with van der Waals surface area (Å²) in [5.41, 5.74) is 9.72. The van der Waals surface area contributed by atoms with Gasteiger partial charge in [0.15, 0.2) is 5.75 Å². The minimum absolute atomic E-state index is 0.332. The van der Waals surface area contributed by atoms with Crippen molar-refractivity contribution in [2.45, 2.75) is 19.9 Å². The quantitative estimate of drug-likeness (QED) is 0.871. The molecule has 0 saturated heterocycles. The second-order valence-corrected chi connectivity index (χ2v) is 4.23. The van der Waals surface area contributed by atoms with Gasteiger partial charge in [-0.2, -0.15) is 15.3 Å². The van der Waals surface area contributed by atoms with E-state index in [4.69, 9.17) is 10.5 Å². The maximum atomic E-state index is 6.30. The van der Waals surface area contributed by atoms with E-state index in [1.807, 2.05) is 27.0 Å². The molecule has 2 aromatic rings. The molecule has 2 rings (SSSR count). The van der Waals surface area contributed by atoms with Gasteiger partial charge in [-0.15, -0.1) is 0 Å². The first-order valence-corrected chi connectivity index (χ1v) is 5.67. The zero-order valence-corrected chi connectivity index (χ0v) is 11.0. The predicted molar refractivity (Wildman–Crippen MR) is 67.3 cm³/mol. The van der Waals surface area contributed by atoms with Crippen molar-refractivity contribution in [2.75, 3.05) is 7.11 Å². The van der Waals surface area contributed by atoms with Crippen molar-refractivity contribution >= 4 is 0 Å². The van der Waals surface area contributed by atoms with Crippen LogP contribution in [0.1, 0.15) is 28.7 Å². The van der Waals surface area contributed by atoms with Gasteiger partial charge in [0, 0.05) is 7.05 Å². The molecule has 0 aromatic carbocycles. The van der Waals surface area contributed by atoms with Gasteiger partial charge >= 0.3 is 0 Å². The van der Waals surface area contributed by atoms with E-state index in [-0.39, 0.29) is 6.04 Å². The minimum atomic E-state index is -0.332. The highest BCUT2D eigenvalue weighted by Gasteiger charge is 2.21. The van der Waals surface area contributed by atoms with Crippen LogP contribution in [0.5, 0.6) is 5.75 Å². The lowest BCUT2D eigenvalue weighted by molar-refractivity contribution is 0.405. The molecule has 18 heavy (non-hydrogen) atoms. The van der Waals surface area contributed by atoms with Gasteiger partial charge < -0.3 is 10.5 Å². The minimum Gasteiger partial charge on any atom is -0.493 e. The largest absolute Gasteiger partial charge is 0.493 e. The van der Waals surface area contributed by atoms with Crippen LogP contribution in [0.2, 0.25) is 0 Å². The van der Waals surface area contributed by atoms with Crippen molar-refractivity contribution in [1.82, 2.24) is 20.0 Å². The molecule has 0 aliphatic heterocycles. The fourth-order valence-corrected chi connectivity index (χ4v) is 1.97. The molecule has 0 spiro atoms. The maximum Gasteiger partial charge on any atom is 0.161 e. The van der Waals surface area contributed by atoms with Gasteiger partial charge in [0.1, 0.15) is 5.69 Å². The van der Waals surface area contributed by atoms with E-state index in [1.54, 1.807) is 18.0 Å². The van der Waals surface area contributed by atoms with Gasteiger partial charge in [-0.25, -0.2) is 0 Å². The third-order valence-corrected chi connectivity index (χ3v) is 2.94. The Balaban J connectivity index is 2.50. The van der Waals surface area contributed by atoms with Gasteiger partial charge in [0.05, 0.1) is 30.7 Å². The topological polar surface area (TPSA) is 78.9 Å². The molecule has 2 aromatic heterocycles. The monoisotopic (exact) mass is 247 g/mol. The number of hydrogen-bond acceptors (Lipinski definition) is 5. The van der Waals surface area contributed by atoms with Crippen LogP contribution < -0.4 is 10.5 Å². The van der Waals surface area contributed by atoms with Crippen LogP contribution in [0.3, 0.4) is 0 Å². The fourth-order valence-electron chi connectivity index (χ4n) is 1.97. The van der Waals surface area contributed by atoms with Crippen molar-refractivity contribution in [3.05, 3.63) is 34.9 Å². The average Bonchev–Trinajstić information content (AvgIpc) is 2.72. The third-order valence-electron chi connectivity index (χ3n) is 2.94. The fraction of sp³-hybridized carbons (Fsp3) is 0.417. The predicted octanol–water partition coefficient (Wildman–Crippen LogP) is 0.884. The van der Waals surface area contributed by atoms with Crippen LogP contribution in [0, 0.1) is 13.8 Å². The maximum absolute atomic E-state index is 6.30. The van der Waals surface area contributed by atoms with Gasteiger partial charge in [-0.1, -0.05) is 0 Å². The molecule has 0 bridgehead atoms. The molecule has 0 radical (unpaired) electrons. The smallest absolute Gasteiger partial charge is 0.161 e. The molecular weight excluding hydrogens is 230 g/mol. The highest BCUT2D eigenvalue weighted by Crippen LogP contribution is 2.28. The number of nitrogens with two attached hydrogens (primary N) is 1. The summed E-state index contributed by atoms with van der Waals surface area (Å²) in [5, 5.41) is 12.3. The lowest BCUT2D eigenvalue weighted by Gasteiger charge is -2.16. The molecule has 6 nitrogen and oxygen atoms in total. The molecule has 2 N–H and O–H groups in total. The zero-order valence-electron chi connectivity index (χ0n) is 11.0. The van der Waals surface area contributed by atoms with Crippen molar-refractivity contribution in [3.63, 3.8) is 0 Å². The van der Waals surface area contributed by atoms with Crippen molar-refractivity contribution in [3.8, 4) is 5.75 Å². The van der Waals surface area contributed by atoms with E-state index in [0.717, 1.165) is 22.6 Å². The number of ether oxygens (including phenoxy) is 1. The molecule has 6 heteroatoms. The van der Waals surface area contributed by atoms with Gasteiger partial charge in [0.2, 0.25) is 0 Å². The molecule has 0 amide bonds. The Bertz CT molecular complexity index is 564. The summed E-state index contributed by atoms with van der Waals surface area (Å²) in [6.45, 7) is 3.79. The van der Waals surface area contributed by atoms with Crippen molar-refractivity contribution in [1.29, 1.82) is 0 Å². The number of aromatic nitrogens is 4. The zero-order chi connectivity index (χ0) is 13.3. The summed E-state index contributed by atoms with van der Waals surface area (Å²) < 4.78 is 7.00. The van der Waals surface area contributed by atoms with Crippen LogP contribution >= 0.6 is 0 Å². The molecule has 1 atom stereocenters. The highest BCUT2D eigenvalue weighted by atomic mass is 16.5. The van der Waals surface area contributed by atoms with Gasteiger partial charge in [0.25, 0.3) is 0 Å². The Kier molecular flexibility index (Phi) is 3.29. The van der Waals surface area contributed by atoms with Crippen molar-refractivity contribution in [2.24, 2.45) is 12.8 Å². The molecule has 96 valence electrons. The van der Waals surface area contributed by atoms with E-state index < -0.39 is 0 Å². The number of rotatable bonds is 3. The summed E-state index contributed by atoms with van der Waals surface area (Å²) in [5.74, 6) is 0.680. The summed E-state index contributed by atoms with van der Waals surface area (Å²) in [6, 6.07) is 1.61. The summed E-state index contributed by atoms with van der Waals surface area (Å²) >= 11 is 0. The standard InChI is InChI=1S/C12H17N5O/c1-7-5-9(8(2)16-15-7)11(13)12-10(18-4)6-14-17(12)3/h5-6,11H,13H2,1-4H3. The van der Waals surface area contributed by atoms with Crippen molar-refractivity contribution < 1.29 is 4.74 Å². The van der Waals surface area contributed by atoms with Crippen LogP contribution in [-0.2, 0) is 7.05 Å². The lowest BCUT2D eigenvalue weighted by atomic mass is 10.0. The molecule has 0 fully saturated rings. The Morgan fingerprint density at radius 1 is 1.33 bits per heavy atom. The first-order chi connectivity index (χ1) is 8.54. The Hall–Kier alpha value is -1.95. The average molecular weight is 247 g/mol. The van der Waals surface area contributed by atoms with E-state index >= 15 is 0 Å². The second kappa shape index (κ2) is 4.73. The Labute approximate surface area is 106 Å².